The Morgan fingerprint density at radius 3 is 2.34 bits per heavy atom. The summed E-state index contributed by atoms with van der Waals surface area (Å²) in [6.45, 7) is 2.17. The number of amides is 1. The molecule has 10 heteroatoms. The van der Waals surface area contributed by atoms with Gasteiger partial charge >= 0.3 is 6.01 Å². The minimum atomic E-state index is -3.49. The Kier molecular flexibility index (Phi) is 6.13. The Balaban J connectivity index is 1.62. The molecule has 1 heterocycles. The molecule has 9 nitrogen and oxygen atoms in total. The van der Waals surface area contributed by atoms with E-state index in [0.717, 1.165) is 6.26 Å². The number of hydrogen-bond acceptors (Lipinski definition) is 8. The van der Waals surface area contributed by atoms with Gasteiger partial charge in [-0.3, -0.25) is 10.1 Å². The molecule has 1 aromatic heterocycles. The molecule has 0 aliphatic heterocycles. The lowest BCUT2D eigenvalue weighted by molar-refractivity contribution is -0.118. The predicted molar refractivity (Wildman–Crippen MR) is 105 cm³/mol. The van der Waals surface area contributed by atoms with Crippen LogP contribution in [0.4, 0.5) is 6.01 Å². The molecule has 0 saturated carbocycles. The fraction of sp³-hybridized carbons (Fsp3) is 0.211. The standard InChI is InChI=1S/C19H19N3O6S/c1-3-26-13-8-10-14(11-9-13)27-12-17(23)20-19-22-21-18(28-19)15-6-4-5-7-16(15)29(2,24)25/h4-11H,3,12H2,1-2H3,(H,20,22,23). The zero-order valence-electron chi connectivity index (χ0n) is 15.8. The average Bonchev–Trinajstić information content (AvgIpc) is 3.15. The summed E-state index contributed by atoms with van der Waals surface area (Å²) < 4.78 is 39.9. The maximum atomic E-state index is 12.0. The second-order valence-corrected chi connectivity index (χ2v) is 7.91. The molecule has 152 valence electrons. The van der Waals surface area contributed by atoms with Gasteiger partial charge in [0, 0.05) is 6.26 Å². The van der Waals surface area contributed by atoms with Gasteiger partial charge in [0.15, 0.2) is 16.4 Å². The van der Waals surface area contributed by atoms with E-state index >= 15 is 0 Å². The third-order valence-electron chi connectivity index (χ3n) is 3.69. The van der Waals surface area contributed by atoms with Crippen LogP contribution in [0.2, 0.25) is 0 Å². The molecule has 0 unspecified atom stereocenters. The van der Waals surface area contributed by atoms with Crippen molar-refractivity contribution in [2.24, 2.45) is 0 Å². The van der Waals surface area contributed by atoms with Gasteiger partial charge in [-0.15, -0.1) is 5.10 Å². The van der Waals surface area contributed by atoms with Gasteiger partial charge in [0.1, 0.15) is 11.5 Å². The van der Waals surface area contributed by atoms with Gasteiger partial charge in [-0.1, -0.05) is 17.2 Å². The van der Waals surface area contributed by atoms with Crippen molar-refractivity contribution in [3.8, 4) is 23.0 Å². The number of benzene rings is 2. The number of nitrogens with one attached hydrogen (secondary N) is 1. The van der Waals surface area contributed by atoms with Crippen molar-refractivity contribution < 1.29 is 27.1 Å². The fourth-order valence-electron chi connectivity index (χ4n) is 2.45. The fourth-order valence-corrected chi connectivity index (χ4v) is 3.33. The number of sulfone groups is 1. The normalized spacial score (nSPS) is 11.1. The van der Waals surface area contributed by atoms with Crippen LogP contribution < -0.4 is 14.8 Å². The van der Waals surface area contributed by atoms with E-state index in [0.29, 0.717) is 18.1 Å². The first-order valence-corrected chi connectivity index (χ1v) is 10.5. The SMILES string of the molecule is CCOc1ccc(OCC(=O)Nc2nnc(-c3ccccc3S(C)(=O)=O)o2)cc1. The minimum absolute atomic E-state index is 0.0197. The number of rotatable bonds is 8. The number of anilines is 1. The number of nitrogens with zero attached hydrogens (tertiary/aromatic N) is 2. The van der Waals surface area contributed by atoms with Crippen LogP contribution in [-0.4, -0.2) is 44.0 Å². The Hall–Kier alpha value is -3.40. The molecule has 1 amide bonds. The Morgan fingerprint density at radius 1 is 1.03 bits per heavy atom. The maximum Gasteiger partial charge on any atom is 0.322 e. The zero-order chi connectivity index (χ0) is 20.9. The van der Waals surface area contributed by atoms with Crippen molar-refractivity contribution in [3.63, 3.8) is 0 Å². The van der Waals surface area contributed by atoms with Gasteiger partial charge in [-0.05, 0) is 43.3 Å². The Morgan fingerprint density at radius 2 is 1.69 bits per heavy atom. The van der Waals surface area contributed by atoms with E-state index in [1.165, 1.54) is 6.07 Å². The molecule has 0 bridgehead atoms. The van der Waals surface area contributed by atoms with Crippen LogP contribution >= 0.6 is 0 Å². The van der Waals surface area contributed by atoms with Gasteiger partial charge in [-0.25, -0.2) is 8.42 Å². The average molecular weight is 417 g/mol. The third-order valence-corrected chi connectivity index (χ3v) is 4.85. The van der Waals surface area contributed by atoms with Crippen molar-refractivity contribution in [1.29, 1.82) is 0 Å². The van der Waals surface area contributed by atoms with Crippen LogP contribution in [-0.2, 0) is 14.6 Å². The van der Waals surface area contributed by atoms with E-state index in [9.17, 15) is 13.2 Å². The molecular weight excluding hydrogens is 398 g/mol. The molecule has 2 aromatic carbocycles. The third kappa shape index (κ3) is 5.32. The van der Waals surface area contributed by atoms with Crippen molar-refractivity contribution in [3.05, 3.63) is 48.5 Å². The highest BCUT2D eigenvalue weighted by Crippen LogP contribution is 2.27. The van der Waals surface area contributed by atoms with Gasteiger partial charge in [-0.2, -0.15) is 0 Å². The molecule has 0 atom stereocenters. The van der Waals surface area contributed by atoms with Crippen molar-refractivity contribution in [2.45, 2.75) is 11.8 Å². The van der Waals surface area contributed by atoms with E-state index in [1.807, 2.05) is 6.92 Å². The first kappa shape index (κ1) is 20.3. The lowest BCUT2D eigenvalue weighted by Crippen LogP contribution is -2.20. The first-order valence-electron chi connectivity index (χ1n) is 8.65. The van der Waals surface area contributed by atoms with E-state index < -0.39 is 15.7 Å². The first-order chi connectivity index (χ1) is 13.9. The number of carbonyl (C=O) groups is 1. The molecule has 0 fully saturated rings. The lowest BCUT2D eigenvalue weighted by atomic mass is 10.2. The Labute approximate surface area is 167 Å². The summed E-state index contributed by atoms with van der Waals surface area (Å²) in [5.41, 5.74) is 0.258. The minimum Gasteiger partial charge on any atom is -0.494 e. The molecule has 29 heavy (non-hydrogen) atoms. The molecule has 0 saturated heterocycles. The van der Waals surface area contributed by atoms with Gasteiger partial charge in [0.05, 0.1) is 17.1 Å². The van der Waals surface area contributed by atoms with Gasteiger partial charge < -0.3 is 13.9 Å². The quantitative estimate of drug-likeness (QED) is 0.594. The highest BCUT2D eigenvalue weighted by Gasteiger charge is 2.19. The van der Waals surface area contributed by atoms with Crippen LogP contribution in [0.15, 0.2) is 57.8 Å². The van der Waals surface area contributed by atoms with E-state index in [-0.39, 0.29) is 29.0 Å². The molecule has 0 aliphatic rings. The van der Waals surface area contributed by atoms with Crippen LogP contribution in [0, 0.1) is 0 Å². The van der Waals surface area contributed by atoms with Gasteiger partial charge in [0.25, 0.3) is 11.8 Å². The zero-order valence-corrected chi connectivity index (χ0v) is 16.6. The summed E-state index contributed by atoms with van der Waals surface area (Å²) in [5.74, 6) is 0.674. The van der Waals surface area contributed by atoms with Gasteiger partial charge in [0.2, 0.25) is 0 Å². The van der Waals surface area contributed by atoms with Crippen LogP contribution in [0.1, 0.15) is 6.92 Å². The second kappa shape index (κ2) is 8.74. The van der Waals surface area contributed by atoms with Crippen molar-refractivity contribution >= 4 is 21.8 Å². The summed E-state index contributed by atoms with van der Waals surface area (Å²) in [4.78, 5) is 12.1. The highest BCUT2D eigenvalue weighted by molar-refractivity contribution is 7.90. The molecule has 0 aliphatic carbocycles. The predicted octanol–water partition coefficient (Wildman–Crippen LogP) is 2.56. The van der Waals surface area contributed by atoms with Crippen LogP contribution in [0.3, 0.4) is 0 Å². The molecule has 0 radical (unpaired) electrons. The molecule has 3 aromatic rings. The summed E-state index contributed by atoms with van der Waals surface area (Å²) in [5, 5.41) is 9.95. The number of carbonyl (C=O) groups excluding carboxylic acids is 1. The van der Waals surface area contributed by atoms with E-state index in [4.69, 9.17) is 13.9 Å². The summed E-state index contributed by atoms with van der Waals surface area (Å²) >= 11 is 0. The molecular formula is C19H19N3O6S. The highest BCUT2D eigenvalue weighted by atomic mass is 32.2. The van der Waals surface area contributed by atoms with E-state index in [2.05, 4.69) is 15.5 Å². The topological polar surface area (TPSA) is 121 Å². The monoisotopic (exact) mass is 417 g/mol. The van der Waals surface area contributed by atoms with Crippen molar-refractivity contribution in [1.82, 2.24) is 10.2 Å². The largest absolute Gasteiger partial charge is 0.494 e. The maximum absolute atomic E-state index is 12.0. The molecule has 0 spiro atoms. The summed E-state index contributed by atoms with van der Waals surface area (Å²) in [6.07, 6.45) is 1.09. The lowest BCUT2D eigenvalue weighted by Gasteiger charge is -2.07. The summed E-state index contributed by atoms with van der Waals surface area (Å²) in [6, 6.07) is 12.9. The smallest absolute Gasteiger partial charge is 0.322 e. The van der Waals surface area contributed by atoms with E-state index in [1.54, 1.807) is 42.5 Å². The second-order valence-electron chi connectivity index (χ2n) is 5.92. The molecule has 3 rings (SSSR count). The molecule has 1 N–H and O–H groups in total. The van der Waals surface area contributed by atoms with Crippen LogP contribution in [0.5, 0.6) is 11.5 Å². The summed E-state index contributed by atoms with van der Waals surface area (Å²) in [7, 11) is -3.49. The number of aromatic nitrogens is 2. The number of hydrogen-bond donors (Lipinski definition) is 1. The number of ether oxygens (including phenoxy) is 2. The Bertz CT molecular complexity index is 1090. The van der Waals surface area contributed by atoms with Crippen molar-refractivity contribution in [2.75, 3.05) is 24.8 Å². The van der Waals surface area contributed by atoms with Crippen LogP contribution in [0.25, 0.3) is 11.5 Å².